The zero-order chi connectivity index (χ0) is 40.1. The van der Waals surface area contributed by atoms with Gasteiger partial charge in [-0.25, -0.2) is 0 Å². The van der Waals surface area contributed by atoms with Gasteiger partial charge in [0.2, 0.25) is 0 Å². The summed E-state index contributed by atoms with van der Waals surface area (Å²) in [7, 11) is 0. The second-order valence-electron chi connectivity index (χ2n) is 16.4. The van der Waals surface area contributed by atoms with E-state index in [1.54, 1.807) is 0 Å². The van der Waals surface area contributed by atoms with Crippen molar-refractivity contribution in [3.63, 3.8) is 0 Å². The van der Waals surface area contributed by atoms with Gasteiger partial charge in [0.05, 0.1) is 15.8 Å². The minimum atomic E-state index is -0.494. The number of rotatable bonds is 5. The van der Waals surface area contributed by atoms with Gasteiger partial charge in [0, 0.05) is 26.8 Å². The summed E-state index contributed by atoms with van der Waals surface area (Å²) < 4.78 is 2.58. The van der Waals surface area contributed by atoms with E-state index >= 15 is 0 Å². The van der Waals surface area contributed by atoms with E-state index in [4.69, 9.17) is 0 Å². The molecule has 0 amide bonds. The van der Waals surface area contributed by atoms with Crippen LogP contribution in [0.3, 0.4) is 0 Å². The average molecular weight is 792 g/mol. The van der Waals surface area contributed by atoms with Gasteiger partial charge in [-0.2, -0.15) is 0 Å². The van der Waals surface area contributed by atoms with Gasteiger partial charge in [-0.1, -0.05) is 182 Å². The van der Waals surface area contributed by atoms with Gasteiger partial charge >= 0.3 is 0 Å². The van der Waals surface area contributed by atoms with Crippen LogP contribution in [0.25, 0.3) is 75.5 Å². The summed E-state index contributed by atoms with van der Waals surface area (Å²) in [5.41, 5.74) is 18.4. The molecule has 10 aromatic carbocycles. The molecule has 0 radical (unpaired) electrons. The number of fused-ring (bicyclic) bond motifs is 14. The average Bonchev–Trinajstić information content (AvgIpc) is 3.96. The summed E-state index contributed by atoms with van der Waals surface area (Å²) in [5.74, 6) is 0. The second kappa shape index (κ2) is 13.2. The van der Waals surface area contributed by atoms with E-state index in [9.17, 15) is 0 Å². The maximum absolute atomic E-state index is 2.52. The van der Waals surface area contributed by atoms with E-state index in [2.05, 4.69) is 229 Å². The molecule has 61 heavy (non-hydrogen) atoms. The lowest BCUT2D eigenvalue weighted by Gasteiger charge is -2.32. The van der Waals surface area contributed by atoms with E-state index in [-0.39, 0.29) is 0 Å². The lowest BCUT2D eigenvalue weighted by Crippen LogP contribution is -2.26. The third kappa shape index (κ3) is 4.94. The Morgan fingerprint density at radius 1 is 0.328 bits per heavy atom. The second-order valence-corrected chi connectivity index (χ2v) is 17.4. The summed E-state index contributed by atoms with van der Waals surface area (Å²) in [6.45, 7) is 0. The highest BCUT2D eigenvalue weighted by Crippen LogP contribution is 2.64. The summed E-state index contributed by atoms with van der Waals surface area (Å²) in [6.07, 6.45) is 0. The highest BCUT2D eigenvalue weighted by molar-refractivity contribution is 7.26. The molecule has 0 N–H and O–H groups in total. The number of nitrogens with zero attached hydrogens (tertiary/aromatic N) is 1. The predicted molar refractivity (Wildman–Crippen MR) is 259 cm³/mol. The molecular formula is C59H37NS. The zero-order valence-electron chi connectivity index (χ0n) is 33.2. The lowest BCUT2D eigenvalue weighted by atomic mass is 9.70. The third-order valence-corrected chi connectivity index (χ3v) is 14.5. The fourth-order valence-electron chi connectivity index (χ4n) is 10.7. The van der Waals surface area contributed by atoms with Gasteiger partial charge < -0.3 is 4.90 Å². The molecular weight excluding hydrogens is 755 g/mol. The molecule has 284 valence electrons. The quantitative estimate of drug-likeness (QED) is 0.168. The molecule has 1 unspecified atom stereocenters. The first-order chi connectivity index (χ1) is 30.3. The van der Waals surface area contributed by atoms with Crippen molar-refractivity contribution in [2.75, 3.05) is 4.90 Å². The number of benzene rings is 10. The molecule has 0 saturated heterocycles. The highest BCUT2D eigenvalue weighted by atomic mass is 32.1. The highest BCUT2D eigenvalue weighted by Gasteiger charge is 2.52. The van der Waals surface area contributed by atoms with Crippen molar-refractivity contribution < 1.29 is 0 Å². The molecule has 0 fully saturated rings. The standard InChI is InChI=1S/C59H37NS/c1-2-14-38(15-3-1)41-30-34-48-46-19-6-9-24-52(46)59(54(48)36-41)53-25-10-7-20-47(53)49-35-33-43(37-55(49)59)60(56-26-13-23-51-50-21-8-11-27-57(50)61-58(51)56)42-31-28-40(29-32-42)45-22-12-17-39-16-4-5-18-44(39)45/h1-37H. The van der Waals surface area contributed by atoms with Crippen LogP contribution in [-0.4, -0.2) is 0 Å². The minimum absolute atomic E-state index is 0.494. The Morgan fingerprint density at radius 2 is 0.885 bits per heavy atom. The van der Waals surface area contributed by atoms with Crippen LogP contribution in [0, 0.1) is 0 Å². The minimum Gasteiger partial charge on any atom is -0.309 e. The molecule has 11 aromatic rings. The van der Waals surface area contributed by atoms with Gasteiger partial charge in [0.1, 0.15) is 0 Å². The number of thiophene rings is 1. The lowest BCUT2D eigenvalue weighted by molar-refractivity contribution is 0.794. The maximum Gasteiger partial charge on any atom is 0.0726 e. The van der Waals surface area contributed by atoms with Crippen LogP contribution >= 0.6 is 11.3 Å². The van der Waals surface area contributed by atoms with E-state index in [0.29, 0.717) is 0 Å². The topological polar surface area (TPSA) is 3.24 Å². The Balaban J connectivity index is 1.07. The summed E-state index contributed by atoms with van der Waals surface area (Å²) in [4.78, 5) is 2.50. The van der Waals surface area contributed by atoms with Crippen molar-refractivity contribution in [2.45, 2.75) is 5.41 Å². The van der Waals surface area contributed by atoms with Gasteiger partial charge in [0.25, 0.3) is 0 Å². The number of anilines is 3. The van der Waals surface area contributed by atoms with E-state index < -0.39 is 5.41 Å². The SMILES string of the molecule is c1ccc(-c2ccc3c(c2)C2(c4ccccc4-3)c3ccccc3-c3ccc(N(c4ccc(-c5cccc6ccccc56)cc4)c4cccc5c4sc4ccccc45)cc32)cc1. The number of hydrogen-bond acceptors (Lipinski definition) is 2. The zero-order valence-corrected chi connectivity index (χ0v) is 34.0. The fourth-order valence-corrected chi connectivity index (χ4v) is 11.9. The van der Waals surface area contributed by atoms with Crippen molar-refractivity contribution in [3.8, 4) is 44.5 Å². The normalized spacial score (nSPS) is 14.6. The summed E-state index contributed by atoms with van der Waals surface area (Å²) in [6, 6.07) is 83.6. The smallest absolute Gasteiger partial charge is 0.0726 e. The predicted octanol–water partition coefficient (Wildman–Crippen LogP) is 16.4. The van der Waals surface area contributed by atoms with Crippen molar-refractivity contribution in [1.29, 1.82) is 0 Å². The largest absolute Gasteiger partial charge is 0.309 e. The molecule has 1 heterocycles. The Hall–Kier alpha value is -7.52. The van der Waals surface area contributed by atoms with Crippen LogP contribution in [-0.2, 0) is 5.41 Å². The Morgan fingerprint density at radius 3 is 1.69 bits per heavy atom. The van der Waals surface area contributed by atoms with Crippen LogP contribution < -0.4 is 4.90 Å². The number of hydrogen-bond donors (Lipinski definition) is 0. The Kier molecular flexibility index (Phi) is 7.46. The molecule has 1 nitrogen and oxygen atoms in total. The molecule has 0 aliphatic heterocycles. The van der Waals surface area contributed by atoms with E-state index in [1.807, 2.05) is 11.3 Å². The molecule has 2 heteroatoms. The van der Waals surface area contributed by atoms with Gasteiger partial charge in [-0.3, -0.25) is 0 Å². The monoisotopic (exact) mass is 791 g/mol. The van der Waals surface area contributed by atoms with Crippen molar-refractivity contribution >= 4 is 59.3 Å². The first kappa shape index (κ1) is 34.4. The Labute approximate surface area is 359 Å². The van der Waals surface area contributed by atoms with Crippen LogP contribution in [0.4, 0.5) is 17.1 Å². The first-order valence-corrected chi connectivity index (χ1v) is 21.9. The summed E-state index contributed by atoms with van der Waals surface area (Å²) in [5, 5.41) is 5.10. The molecule has 13 rings (SSSR count). The molecule has 2 aliphatic carbocycles. The van der Waals surface area contributed by atoms with Gasteiger partial charge in [-0.05, 0) is 120 Å². The van der Waals surface area contributed by atoms with Crippen molar-refractivity contribution in [3.05, 3.63) is 247 Å². The van der Waals surface area contributed by atoms with Crippen LogP contribution in [0.5, 0.6) is 0 Å². The van der Waals surface area contributed by atoms with Crippen LogP contribution in [0.15, 0.2) is 224 Å². The molecule has 1 spiro atoms. The van der Waals surface area contributed by atoms with Crippen LogP contribution in [0.1, 0.15) is 22.3 Å². The van der Waals surface area contributed by atoms with E-state index in [0.717, 1.165) is 11.4 Å². The first-order valence-electron chi connectivity index (χ1n) is 21.1. The van der Waals surface area contributed by atoms with Crippen LogP contribution in [0.2, 0.25) is 0 Å². The van der Waals surface area contributed by atoms with Crippen molar-refractivity contribution in [1.82, 2.24) is 0 Å². The van der Waals surface area contributed by atoms with Gasteiger partial charge in [0.15, 0.2) is 0 Å². The molecule has 1 atom stereocenters. The third-order valence-electron chi connectivity index (χ3n) is 13.3. The fraction of sp³-hybridized carbons (Fsp3) is 0.0169. The van der Waals surface area contributed by atoms with Crippen molar-refractivity contribution in [2.24, 2.45) is 0 Å². The molecule has 0 saturated carbocycles. The molecule has 1 aromatic heterocycles. The van der Waals surface area contributed by atoms with E-state index in [1.165, 1.54) is 103 Å². The Bertz CT molecular complexity index is 3520. The maximum atomic E-state index is 2.52. The molecule has 2 aliphatic rings. The summed E-state index contributed by atoms with van der Waals surface area (Å²) >= 11 is 1.88. The molecule has 0 bridgehead atoms. The van der Waals surface area contributed by atoms with Gasteiger partial charge in [-0.15, -0.1) is 11.3 Å².